The lowest BCUT2D eigenvalue weighted by Gasteiger charge is -2.16. The zero-order valence-corrected chi connectivity index (χ0v) is 14.3. The van der Waals surface area contributed by atoms with E-state index in [1.165, 1.54) is 6.92 Å². The van der Waals surface area contributed by atoms with Crippen molar-refractivity contribution in [1.29, 1.82) is 0 Å². The standard InChI is InChI=1S/C14H18Br2O3/c1-3-5-10-13(18)11(9(2)17)8-12(16)14(10)19-7-4-6-15/h8,18H,3-7H2,1-2H3. The minimum Gasteiger partial charge on any atom is -0.507 e. The summed E-state index contributed by atoms with van der Waals surface area (Å²) in [6.07, 6.45) is 2.43. The summed E-state index contributed by atoms with van der Waals surface area (Å²) in [5.41, 5.74) is 1.04. The van der Waals surface area contributed by atoms with E-state index in [1.54, 1.807) is 6.07 Å². The lowest BCUT2D eigenvalue weighted by molar-refractivity contribution is 0.101. The van der Waals surface area contributed by atoms with Crippen LogP contribution in [0.2, 0.25) is 0 Å². The molecule has 0 atom stereocenters. The van der Waals surface area contributed by atoms with Gasteiger partial charge < -0.3 is 9.84 Å². The molecule has 0 saturated heterocycles. The Morgan fingerprint density at radius 1 is 1.47 bits per heavy atom. The SMILES string of the molecule is CCCc1c(O)c(C(C)=O)cc(Br)c1OCCCBr. The number of alkyl halides is 1. The molecule has 0 aliphatic rings. The van der Waals surface area contributed by atoms with Gasteiger partial charge in [-0.05, 0) is 41.8 Å². The molecule has 1 aromatic rings. The Bertz CT molecular complexity index is 458. The largest absolute Gasteiger partial charge is 0.507 e. The molecule has 0 saturated carbocycles. The van der Waals surface area contributed by atoms with Gasteiger partial charge in [0.05, 0.1) is 16.6 Å². The number of aromatic hydroxyl groups is 1. The summed E-state index contributed by atoms with van der Waals surface area (Å²) in [4.78, 5) is 11.5. The van der Waals surface area contributed by atoms with E-state index in [0.717, 1.165) is 18.2 Å². The molecule has 0 fully saturated rings. The quantitative estimate of drug-likeness (QED) is 0.422. The maximum absolute atomic E-state index is 11.5. The molecule has 5 heteroatoms. The molecule has 106 valence electrons. The number of Topliss-reactive ketones (excluding diaryl/α,β-unsaturated/α-hetero) is 1. The number of hydrogen-bond donors (Lipinski definition) is 1. The normalized spacial score (nSPS) is 10.5. The highest BCUT2D eigenvalue weighted by molar-refractivity contribution is 9.10. The third-order valence-electron chi connectivity index (χ3n) is 2.71. The van der Waals surface area contributed by atoms with Crippen LogP contribution in [0.1, 0.15) is 42.6 Å². The summed E-state index contributed by atoms with van der Waals surface area (Å²) in [6.45, 7) is 4.04. The molecule has 1 aromatic carbocycles. The molecule has 0 spiro atoms. The molecule has 0 heterocycles. The average Bonchev–Trinajstić information content (AvgIpc) is 2.36. The Hall–Kier alpha value is -0.550. The molecule has 0 amide bonds. The predicted octanol–water partition coefficient (Wildman–Crippen LogP) is 4.47. The van der Waals surface area contributed by atoms with E-state index in [1.807, 2.05) is 6.92 Å². The van der Waals surface area contributed by atoms with Gasteiger partial charge in [0, 0.05) is 10.9 Å². The Balaban J connectivity index is 3.20. The first-order valence-electron chi connectivity index (χ1n) is 6.26. The van der Waals surface area contributed by atoms with Crippen molar-refractivity contribution in [1.82, 2.24) is 0 Å². The van der Waals surface area contributed by atoms with E-state index in [4.69, 9.17) is 4.74 Å². The van der Waals surface area contributed by atoms with Crippen molar-refractivity contribution in [3.05, 3.63) is 21.7 Å². The van der Waals surface area contributed by atoms with Crippen LogP contribution in [0.5, 0.6) is 11.5 Å². The molecule has 0 unspecified atom stereocenters. The zero-order chi connectivity index (χ0) is 14.4. The number of halogens is 2. The molecule has 0 aliphatic carbocycles. The molecule has 3 nitrogen and oxygen atoms in total. The lowest BCUT2D eigenvalue weighted by Crippen LogP contribution is -2.05. The fourth-order valence-electron chi connectivity index (χ4n) is 1.81. The Morgan fingerprint density at radius 2 is 2.16 bits per heavy atom. The van der Waals surface area contributed by atoms with Gasteiger partial charge >= 0.3 is 0 Å². The molecule has 0 aliphatic heterocycles. The topological polar surface area (TPSA) is 46.5 Å². The highest BCUT2D eigenvalue weighted by Crippen LogP contribution is 2.39. The highest BCUT2D eigenvalue weighted by Gasteiger charge is 2.19. The predicted molar refractivity (Wildman–Crippen MR) is 83.7 cm³/mol. The smallest absolute Gasteiger partial charge is 0.163 e. The zero-order valence-electron chi connectivity index (χ0n) is 11.1. The highest BCUT2D eigenvalue weighted by atomic mass is 79.9. The minimum atomic E-state index is -0.150. The molecular formula is C14H18Br2O3. The summed E-state index contributed by atoms with van der Waals surface area (Å²) < 4.78 is 6.44. The third kappa shape index (κ3) is 4.21. The summed E-state index contributed by atoms with van der Waals surface area (Å²) >= 11 is 6.77. The average molecular weight is 394 g/mol. The van der Waals surface area contributed by atoms with Crippen molar-refractivity contribution in [2.24, 2.45) is 0 Å². The van der Waals surface area contributed by atoms with Crippen LogP contribution in [0, 0.1) is 0 Å². The van der Waals surface area contributed by atoms with Gasteiger partial charge in [0.2, 0.25) is 0 Å². The van der Waals surface area contributed by atoms with Crippen molar-refractivity contribution < 1.29 is 14.6 Å². The number of rotatable bonds is 7. The molecule has 1 rings (SSSR count). The van der Waals surface area contributed by atoms with Crippen molar-refractivity contribution >= 4 is 37.6 Å². The molecule has 0 bridgehead atoms. The van der Waals surface area contributed by atoms with Crippen LogP contribution in [-0.2, 0) is 6.42 Å². The molecule has 0 aromatic heterocycles. The summed E-state index contributed by atoms with van der Waals surface area (Å²) in [6, 6.07) is 1.63. The first-order chi connectivity index (χ1) is 9.02. The van der Waals surface area contributed by atoms with E-state index < -0.39 is 0 Å². The number of ketones is 1. The number of carbonyl (C=O) groups is 1. The number of phenolic OH excluding ortho intramolecular Hbond substituents is 1. The Kier molecular flexibility index (Phi) is 6.86. The second-order valence-corrected chi connectivity index (χ2v) is 5.91. The minimum absolute atomic E-state index is 0.0476. The maximum atomic E-state index is 11.5. The Labute approximate surface area is 130 Å². The van der Waals surface area contributed by atoms with Gasteiger partial charge in [-0.1, -0.05) is 29.3 Å². The van der Waals surface area contributed by atoms with E-state index in [-0.39, 0.29) is 11.5 Å². The van der Waals surface area contributed by atoms with Crippen LogP contribution >= 0.6 is 31.9 Å². The van der Waals surface area contributed by atoms with E-state index in [2.05, 4.69) is 31.9 Å². The lowest BCUT2D eigenvalue weighted by atomic mass is 10.0. The van der Waals surface area contributed by atoms with E-state index >= 15 is 0 Å². The van der Waals surface area contributed by atoms with Crippen molar-refractivity contribution in [3.63, 3.8) is 0 Å². The molecule has 1 N–H and O–H groups in total. The number of ether oxygens (including phenoxy) is 1. The summed E-state index contributed by atoms with van der Waals surface area (Å²) in [5, 5.41) is 11.1. The van der Waals surface area contributed by atoms with Crippen LogP contribution in [0.25, 0.3) is 0 Å². The fourth-order valence-corrected chi connectivity index (χ4v) is 2.62. The monoisotopic (exact) mass is 392 g/mol. The van der Waals surface area contributed by atoms with E-state index in [0.29, 0.717) is 34.4 Å². The number of hydrogen-bond acceptors (Lipinski definition) is 3. The summed E-state index contributed by atoms with van der Waals surface area (Å²) in [7, 11) is 0. The van der Waals surface area contributed by atoms with Gasteiger partial charge in [0.1, 0.15) is 11.5 Å². The van der Waals surface area contributed by atoms with Crippen LogP contribution in [0.4, 0.5) is 0 Å². The molecule has 19 heavy (non-hydrogen) atoms. The van der Waals surface area contributed by atoms with Gasteiger partial charge in [-0.25, -0.2) is 0 Å². The van der Waals surface area contributed by atoms with Crippen molar-refractivity contribution in [2.45, 2.75) is 33.1 Å². The van der Waals surface area contributed by atoms with Crippen LogP contribution in [-0.4, -0.2) is 22.8 Å². The molecule has 0 radical (unpaired) electrons. The first kappa shape index (κ1) is 16.5. The number of carbonyl (C=O) groups excluding carboxylic acids is 1. The van der Waals surface area contributed by atoms with E-state index in [9.17, 15) is 9.90 Å². The number of phenols is 1. The summed E-state index contributed by atoms with van der Waals surface area (Å²) in [5.74, 6) is 0.541. The van der Waals surface area contributed by atoms with Crippen LogP contribution < -0.4 is 4.74 Å². The van der Waals surface area contributed by atoms with Gasteiger partial charge in [-0.3, -0.25) is 4.79 Å². The van der Waals surface area contributed by atoms with Gasteiger partial charge in [-0.2, -0.15) is 0 Å². The van der Waals surface area contributed by atoms with Gasteiger partial charge in [0.15, 0.2) is 5.78 Å². The molecular weight excluding hydrogens is 376 g/mol. The van der Waals surface area contributed by atoms with Crippen LogP contribution in [0.15, 0.2) is 10.5 Å². The van der Waals surface area contributed by atoms with Crippen molar-refractivity contribution in [3.8, 4) is 11.5 Å². The maximum Gasteiger partial charge on any atom is 0.163 e. The third-order valence-corrected chi connectivity index (χ3v) is 3.86. The van der Waals surface area contributed by atoms with Crippen molar-refractivity contribution in [2.75, 3.05) is 11.9 Å². The second-order valence-electron chi connectivity index (χ2n) is 4.26. The van der Waals surface area contributed by atoms with Crippen LogP contribution in [0.3, 0.4) is 0 Å². The Morgan fingerprint density at radius 3 is 2.68 bits per heavy atom. The second kappa shape index (κ2) is 7.90. The van der Waals surface area contributed by atoms with Gasteiger partial charge in [0.25, 0.3) is 0 Å². The van der Waals surface area contributed by atoms with Gasteiger partial charge in [-0.15, -0.1) is 0 Å². The number of benzene rings is 1. The fraction of sp³-hybridized carbons (Fsp3) is 0.500. The first-order valence-corrected chi connectivity index (χ1v) is 8.18.